The molecule has 0 rings (SSSR count). The molecule has 0 radical (unpaired) electrons. The molecule has 0 bridgehead atoms. The van der Waals surface area contributed by atoms with Gasteiger partial charge < -0.3 is 19.8 Å². The maximum absolute atomic E-state index is 10.2. The molecule has 0 fully saturated rings. The minimum absolute atomic E-state index is 0. The van der Waals surface area contributed by atoms with Gasteiger partial charge in [0.1, 0.15) is 0 Å². The molecule has 0 N–H and O–H groups in total. The SMILES string of the molecule is CCCCCCCCCCCCCCCCCCCC(=O)[O-].CCCCCCCCCCCCCCCCCCCC(=O)[O-].[Sr+2]. The minimum atomic E-state index is -0.902. The summed E-state index contributed by atoms with van der Waals surface area (Å²) in [6.45, 7) is 4.55. The van der Waals surface area contributed by atoms with E-state index in [0.717, 1.165) is 25.7 Å². The summed E-state index contributed by atoms with van der Waals surface area (Å²) < 4.78 is 0. The zero-order valence-electron chi connectivity index (χ0n) is 30.8. The number of hydrogen-bond acceptors (Lipinski definition) is 4. The van der Waals surface area contributed by atoms with E-state index in [1.165, 1.54) is 193 Å². The van der Waals surface area contributed by atoms with E-state index in [1.54, 1.807) is 0 Å². The quantitative estimate of drug-likeness (QED) is 0.0479. The molecule has 264 valence electrons. The van der Waals surface area contributed by atoms with E-state index in [2.05, 4.69) is 13.8 Å². The Kier molecular flexibility index (Phi) is 51.5. The number of aliphatic carboxylic acids is 2. The van der Waals surface area contributed by atoms with Crippen LogP contribution in [0.3, 0.4) is 0 Å². The third kappa shape index (κ3) is 54.2. The fraction of sp³-hybridized carbons (Fsp3) is 0.950. The molecule has 45 heavy (non-hydrogen) atoms. The Morgan fingerprint density at radius 3 is 0.556 bits per heavy atom. The first-order valence-electron chi connectivity index (χ1n) is 19.9. The van der Waals surface area contributed by atoms with Crippen LogP contribution in [0.2, 0.25) is 0 Å². The second kappa shape index (κ2) is 46.5. The van der Waals surface area contributed by atoms with E-state index in [-0.39, 0.29) is 58.3 Å². The van der Waals surface area contributed by atoms with Crippen molar-refractivity contribution in [2.45, 2.75) is 245 Å². The van der Waals surface area contributed by atoms with Crippen molar-refractivity contribution in [3.05, 3.63) is 0 Å². The molecule has 0 aliphatic rings. The van der Waals surface area contributed by atoms with Crippen molar-refractivity contribution in [3.63, 3.8) is 0 Å². The number of carboxylic acids is 2. The summed E-state index contributed by atoms with van der Waals surface area (Å²) in [5, 5.41) is 20.5. The van der Waals surface area contributed by atoms with Gasteiger partial charge in [0.25, 0.3) is 0 Å². The Labute approximate surface area is 319 Å². The topological polar surface area (TPSA) is 80.3 Å². The zero-order chi connectivity index (χ0) is 32.6. The van der Waals surface area contributed by atoms with Crippen LogP contribution >= 0.6 is 0 Å². The molecule has 4 nitrogen and oxygen atoms in total. The molecular formula is C40H78O4Sr. The molecule has 0 heterocycles. The number of carboxylic acid groups (broad SMARTS) is 2. The Morgan fingerprint density at radius 1 is 0.289 bits per heavy atom. The average Bonchev–Trinajstić information content (AvgIpc) is 3.00. The Morgan fingerprint density at radius 2 is 0.422 bits per heavy atom. The first-order chi connectivity index (χ1) is 21.5. The molecular weight excluding hydrogens is 632 g/mol. The molecule has 0 aromatic heterocycles. The van der Waals surface area contributed by atoms with Gasteiger partial charge in [0.2, 0.25) is 0 Å². The average molecular weight is 711 g/mol. The van der Waals surface area contributed by atoms with E-state index < -0.39 is 11.9 Å². The molecule has 0 saturated heterocycles. The van der Waals surface area contributed by atoms with Crippen molar-refractivity contribution in [3.8, 4) is 0 Å². The standard InChI is InChI=1S/2C20H40O2.Sr/c2*1-2-3-4-5-6-7-8-9-10-11-12-13-14-15-16-17-18-19-20(21)22;/h2*2-19H2,1H3,(H,21,22);/q;;+2/p-2. The van der Waals surface area contributed by atoms with Gasteiger partial charge in [-0.05, 0) is 25.7 Å². The van der Waals surface area contributed by atoms with Gasteiger partial charge in [0.15, 0.2) is 0 Å². The summed E-state index contributed by atoms with van der Waals surface area (Å²) in [7, 11) is 0. The van der Waals surface area contributed by atoms with Crippen LogP contribution in [0.25, 0.3) is 0 Å². The van der Waals surface area contributed by atoms with Crippen molar-refractivity contribution in [1.29, 1.82) is 0 Å². The summed E-state index contributed by atoms with van der Waals surface area (Å²) in [5.74, 6) is -1.80. The molecule has 0 aliphatic heterocycles. The molecule has 0 aliphatic carbocycles. The van der Waals surface area contributed by atoms with Crippen LogP contribution in [-0.4, -0.2) is 57.4 Å². The fourth-order valence-electron chi connectivity index (χ4n) is 5.99. The van der Waals surface area contributed by atoms with Crippen molar-refractivity contribution in [2.75, 3.05) is 0 Å². The summed E-state index contributed by atoms with van der Waals surface area (Å²) in [5.41, 5.74) is 0. The van der Waals surface area contributed by atoms with Gasteiger partial charge in [0, 0.05) is 11.9 Å². The minimum Gasteiger partial charge on any atom is -0.550 e. The molecule has 0 saturated carbocycles. The van der Waals surface area contributed by atoms with Crippen LogP contribution in [0.5, 0.6) is 0 Å². The first-order valence-corrected chi connectivity index (χ1v) is 19.9. The van der Waals surface area contributed by atoms with E-state index in [0.29, 0.717) is 0 Å². The van der Waals surface area contributed by atoms with Gasteiger partial charge in [-0.2, -0.15) is 0 Å². The summed E-state index contributed by atoms with van der Waals surface area (Å²) in [6.07, 6.45) is 45.6. The summed E-state index contributed by atoms with van der Waals surface area (Å²) in [6, 6.07) is 0. The van der Waals surface area contributed by atoms with Gasteiger partial charge in [-0.25, -0.2) is 0 Å². The van der Waals surface area contributed by atoms with Crippen LogP contribution in [0.4, 0.5) is 0 Å². The number of carbonyl (C=O) groups excluding carboxylic acids is 2. The fourth-order valence-corrected chi connectivity index (χ4v) is 5.99. The van der Waals surface area contributed by atoms with Gasteiger partial charge in [-0.15, -0.1) is 0 Å². The number of unbranched alkanes of at least 4 members (excludes halogenated alkanes) is 32. The van der Waals surface area contributed by atoms with Crippen LogP contribution in [-0.2, 0) is 9.59 Å². The molecule has 0 spiro atoms. The van der Waals surface area contributed by atoms with E-state index in [4.69, 9.17) is 0 Å². The second-order valence-electron chi connectivity index (χ2n) is 13.6. The van der Waals surface area contributed by atoms with Gasteiger partial charge in [-0.1, -0.05) is 219 Å². The van der Waals surface area contributed by atoms with E-state index >= 15 is 0 Å². The Bertz CT molecular complexity index is 506. The number of carbonyl (C=O) groups is 2. The van der Waals surface area contributed by atoms with Gasteiger partial charge in [-0.3, -0.25) is 0 Å². The van der Waals surface area contributed by atoms with E-state index in [9.17, 15) is 19.8 Å². The van der Waals surface area contributed by atoms with Crippen molar-refractivity contribution >= 4 is 57.4 Å². The van der Waals surface area contributed by atoms with Crippen LogP contribution in [0.15, 0.2) is 0 Å². The van der Waals surface area contributed by atoms with Crippen molar-refractivity contribution in [1.82, 2.24) is 0 Å². The number of rotatable bonds is 36. The third-order valence-electron chi connectivity index (χ3n) is 8.97. The molecule has 5 heteroatoms. The van der Waals surface area contributed by atoms with Crippen molar-refractivity contribution in [2.24, 2.45) is 0 Å². The Hall–Kier alpha value is 0.421. The normalized spacial score (nSPS) is 10.7. The first kappa shape index (κ1) is 49.8. The molecule has 0 aromatic carbocycles. The second-order valence-corrected chi connectivity index (χ2v) is 13.6. The van der Waals surface area contributed by atoms with Crippen molar-refractivity contribution < 1.29 is 19.8 Å². The summed E-state index contributed by atoms with van der Waals surface area (Å²) >= 11 is 0. The van der Waals surface area contributed by atoms with Crippen LogP contribution in [0, 0.1) is 0 Å². The number of hydrogen-bond donors (Lipinski definition) is 0. The molecule has 0 atom stereocenters. The Balaban J connectivity index is -0.000000767. The maximum Gasteiger partial charge on any atom is 2.00 e. The molecule has 0 unspecified atom stereocenters. The van der Waals surface area contributed by atoms with E-state index in [1.807, 2.05) is 0 Å². The van der Waals surface area contributed by atoms with Gasteiger partial charge in [0.05, 0.1) is 0 Å². The van der Waals surface area contributed by atoms with Crippen LogP contribution in [0.1, 0.15) is 245 Å². The van der Waals surface area contributed by atoms with Gasteiger partial charge >= 0.3 is 45.5 Å². The zero-order valence-corrected chi connectivity index (χ0v) is 34.3. The monoisotopic (exact) mass is 710 g/mol. The predicted octanol–water partition coefficient (Wildman–Crippen LogP) is 11.2. The molecule has 0 aromatic rings. The largest absolute Gasteiger partial charge is 2.00 e. The predicted molar refractivity (Wildman–Crippen MR) is 193 cm³/mol. The van der Waals surface area contributed by atoms with Crippen LogP contribution < -0.4 is 10.2 Å². The smallest absolute Gasteiger partial charge is 0.550 e. The molecule has 0 amide bonds. The summed E-state index contributed by atoms with van der Waals surface area (Å²) in [4.78, 5) is 20.5. The maximum atomic E-state index is 10.2. The third-order valence-corrected chi connectivity index (χ3v) is 8.97.